The van der Waals surface area contributed by atoms with Gasteiger partial charge in [0.1, 0.15) is 0 Å². The van der Waals surface area contributed by atoms with Crippen molar-refractivity contribution in [3.05, 3.63) is 35.1 Å². The maximum absolute atomic E-state index is 13.3. The van der Waals surface area contributed by atoms with Crippen molar-refractivity contribution >= 4 is 18.3 Å². The molecule has 2 aliphatic heterocycles. The van der Waals surface area contributed by atoms with Crippen LogP contribution in [0.5, 0.6) is 0 Å². The van der Waals surface area contributed by atoms with Crippen LogP contribution in [0.2, 0.25) is 0 Å². The Hall–Kier alpha value is -1.27. The molecule has 3 nitrogen and oxygen atoms in total. The van der Waals surface area contributed by atoms with Crippen molar-refractivity contribution < 1.29 is 18.0 Å². The highest BCUT2D eigenvalue weighted by Gasteiger charge is 2.38. The summed E-state index contributed by atoms with van der Waals surface area (Å²) in [7, 11) is 0. The van der Waals surface area contributed by atoms with Crippen LogP contribution in [0.4, 0.5) is 13.2 Å². The van der Waals surface area contributed by atoms with E-state index in [2.05, 4.69) is 5.32 Å². The van der Waals surface area contributed by atoms with Crippen molar-refractivity contribution in [3.63, 3.8) is 0 Å². The monoisotopic (exact) mass is 320 g/mol. The molecule has 2 atom stereocenters. The van der Waals surface area contributed by atoms with Gasteiger partial charge in [-0.25, -0.2) is 13.2 Å². The smallest absolute Gasteiger partial charge is 0.254 e. The molecule has 0 saturated carbocycles. The highest BCUT2D eigenvalue weighted by atomic mass is 35.5. The first-order valence-electron chi connectivity index (χ1n) is 6.76. The molecule has 116 valence electrons. The summed E-state index contributed by atoms with van der Waals surface area (Å²) >= 11 is 0. The fraction of sp³-hybridized carbons (Fsp3) is 0.500. The van der Waals surface area contributed by atoms with E-state index in [1.807, 2.05) is 0 Å². The zero-order valence-electron chi connectivity index (χ0n) is 11.2. The lowest BCUT2D eigenvalue weighted by Crippen LogP contribution is -2.42. The first-order valence-corrected chi connectivity index (χ1v) is 6.76. The number of hydrogen-bond acceptors (Lipinski definition) is 2. The fourth-order valence-electron chi connectivity index (χ4n) is 3.14. The molecule has 2 unspecified atom stereocenters. The molecule has 1 amide bonds. The highest BCUT2D eigenvalue weighted by molar-refractivity contribution is 5.95. The van der Waals surface area contributed by atoms with Gasteiger partial charge >= 0.3 is 0 Å². The lowest BCUT2D eigenvalue weighted by Gasteiger charge is -2.28. The summed E-state index contributed by atoms with van der Waals surface area (Å²) in [6.07, 6.45) is 2.62. The van der Waals surface area contributed by atoms with E-state index >= 15 is 0 Å². The van der Waals surface area contributed by atoms with Crippen LogP contribution in [0.15, 0.2) is 12.1 Å². The summed E-state index contributed by atoms with van der Waals surface area (Å²) in [6, 6.07) is 1.70. The summed E-state index contributed by atoms with van der Waals surface area (Å²) in [5, 5.41) is 3.24. The van der Waals surface area contributed by atoms with E-state index in [4.69, 9.17) is 0 Å². The van der Waals surface area contributed by atoms with E-state index in [0.717, 1.165) is 37.9 Å². The summed E-state index contributed by atoms with van der Waals surface area (Å²) in [5.74, 6) is -4.61. The van der Waals surface area contributed by atoms with Crippen LogP contribution in [-0.2, 0) is 0 Å². The Kier molecular flexibility index (Phi) is 4.78. The summed E-state index contributed by atoms with van der Waals surface area (Å²) in [4.78, 5) is 14.2. The fourth-order valence-corrected chi connectivity index (χ4v) is 3.14. The number of nitrogens with zero attached hydrogens (tertiary/aromatic N) is 1. The molecule has 7 heteroatoms. The molecule has 0 spiro atoms. The molecule has 0 aliphatic carbocycles. The van der Waals surface area contributed by atoms with E-state index in [0.29, 0.717) is 6.54 Å². The van der Waals surface area contributed by atoms with Gasteiger partial charge in [-0.1, -0.05) is 0 Å². The van der Waals surface area contributed by atoms with Crippen LogP contribution >= 0.6 is 12.4 Å². The molecule has 0 radical (unpaired) electrons. The minimum atomic E-state index is -1.54. The largest absolute Gasteiger partial charge is 0.331 e. The molecule has 21 heavy (non-hydrogen) atoms. The van der Waals surface area contributed by atoms with E-state index in [1.54, 1.807) is 4.90 Å². The van der Waals surface area contributed by atoms with E-state index in [1.165, 1.54) is 0 Å². The number of rotatable bonds is 1. The summed E-state index contributed by atoms with van der Waals surface area (Å²) in [5.41, 5.74) is -0.125. The van der Waals surface area contributed by atoms with Crippen LogP contribution in [0.1, 0.15) is 29.6 Å². The van der Waals surface area contributed by atoms with Crippen LogP contribution < -0.4 is 5.32 Å². The molecule has 0 aromatic heterocycles. The zero-order chi connectivity index (χ0) is 14.3. The van der Waals surface area contributed by atoms with Gasteiger partial charge in [0.15, 0.2) is 17.5 Å². The third-order valence-electron chi connectivity index (χ3n) is 4.12. The molecule has 1 aromatic rings. The quantitative estimate of drug-likeness (QED) is 0.806. The topological polar surface area (TPSA) is 32.3 Å². The van der Waals surface area contributed by atoms with Gasteiger partial charge in [0, 0.05) is 24.2 Å². The molecular formula is C14H16ClF3N2O. The Bertz CT molecular complexity index is 518. The van der Waals surface area contributed by atoms with Crippen molar-refractivity contribution in [2.75, 3.05) is 13.1 Å². The van der Waals surface area contributed by atoms with Gasteiger partial charge in [0.05, 0.1) is 0 Å². The van der Waals surface area contributed by atoms with E-state index in [-0.39, 0.29) is 30.1 Å². The molecule has 1 aromatic carbocycles. The van der Waals surface area contributed by atoms with E-state index in [9.17, 15) is 18.0 Å². The van der Waals surface area contributed by atoms with Crippen molar-refractivity contribution in [1.29, 1.82) is 0 Å². The van der Waals surface area contributed by atoms with E-state index < -0.39 is 23.4 Å². The van der Waals surface area contributed by atoms with Crippen LogP contribution in [0.25, 0.3) is 0 Å². The first kappa shape index (κ1) is 16.1. The SMILES string of the molecule is Cl.O=C(c1cc(F)c(F)c(F)c1)N1C2CCNCC1CC2. The Morgan fingerprint density at radius 3 is 2.38 bits per heavy atom. The minimum Gasteiger partial charge on any atom is -0.331 e. The highest BCUT2D eigenvalue weighted by Crippen LogP contribution is 2.30. The van der Waals surface area contributed by atoms with Gasteiger partial charge in [-0.05, 0) is 37.9 Å². The second-order valence-corrected chi connectivity index (χ2v) is 5.34. The number of nitrogens with one attached hydrogen (secondary N) is 1. The third kappa shape index (κ3) is 2.87. The van der Waals surface area contributed by atoms with Gasteiger partial charge < -0.3 is 10.2 Å². The first-order chi connectivity index (χ1) is 9.58. The molecule has 3 rings (SSSR count). The number of carbonyl (C=O) groups excluding carboxylic acids is 1. The number of halogens is 4. The van der Waals surface area contributed by atoms with Crippen molar-refractivity contribution in [3.8, 4) is 0 Å². The Morgan fingerprint density at radius 2 is 1.71 bits per heavy atom. The third-order valence-corrected chi connectivity index (χ3v) is 4.12. The van der Waals surface area contributed by atoms with Crippen LogP contribution in [-0.4, -0.2) is 36.0 Å². The van der Waals surface area contributed by atoms with Gasteiger partial charge in [-0.15, -0.1) is 12.4 Å². The van der Waals surface area contributed by atoms with Crippen molar-refractivity contribution in [2.24, 2.45) is 0 Å². The van der Waals surface area contributed by atoms with Crippen LogP contribution in [0, 0.1) is 17.5 Å². The van der Waals surface area contributed by atoms with Gasteiger partial charge in [-0.3, -0.25) is 4.79 Å². The van der Waals surface area contributed by atoms with Crippen molar-refractivity contribution in [2.45, 2.75) is 31.3 Å². The minimum absolute atomic E-state index is 0. The zero-order valence-corrected chi connectivity index (χ0v) is 12.1. The summed E-state index contributed by atoms with van der Waals surface area (Å²) in [6.45, 7) is 1.52. The predicted octanol–water partition coefficient (Wildman–Crippen LogP) is 2.49. The molecule has 2 fully saturated rings. The molecule has 2 bridgehead atoms. The molecule has 2 heterocycles. The lowest BCUT2D eigenvalue weighted by atomic mass is 10.1. The second-order valence-electron chi connectivity index (χ2n) is 5.34. The maximum Gasteiger partial charge on any atom is 0.254 e. The van der Waals surface area contributed by atoms with Crippen molar-refractivity contribution in [1.82, 2.24) is 10.2 Å². The molecular weight excluding hydrogens is 305 g/mol. The molecule has 2 saturated heterocycles. The Morgan fingerprint density at radius 1 is 1.10 bits per heavy atom. The van der Waals surface area contributed by atoms with Gasteiger partial charge in [0.2, 0.25) is 0 Å². The average Bonchev–Trinajstić information content (AvgIpc) is 2.68. The number of hydrogen-bond donors (Lipinski definition) is 1. The average molecular weight is 321 g/mol. The number of benzene rings is 1. The molecule has 1 N–H and O–H groups in total. The Labute approximate surface area is 126 Å². The Balaban J connectivity index is 0.00000161. The number of amides is 1. The number of carbonyl (C=O) groups is 1. The lowest BCUT2D eigenvalue weighted by molar-refractivity contribution is 0.0679. The summed E-state index contributed by atoms with van der Waals surface area (Å²) < 4.78 is 39.5. The molecule has 2 aliphatic rings. The van der Waals surface area contributed by atoms with Crippen LogP contribution in [0.3, 0.4) is 0 Å². The van der Waals surface area contributed by atoms with Gasteiger partial charge in [-0.2, -0.15) is 0 Å². The normalized spacial score (nSPS) is 24.4. The maximum atomic E-state index is 13.3. The predicted molar refractivity (Wildman–Crippen MR) is 74.0 cm³/mol. The second kappa shape index (κ2) is 6.23. The number of fused-ring (bicyclic) bond motifs is 2. The van der Waals surface area contributed by atoms with Gasteiger partial charge in [0.25, 0.3) is 5.91 Å². The standard InChI is InChI=1S/C14H15F3N2O.ClH/c15-11-5-8(6-12(16)13(11)17)14(20)19-9-1-2-10(19)7-18-4-3-9;/h5-6,9-10,18H,1-4,7H2;1H.